The molecule has 1 aliphatic rings. The first-order valence-electron chi connectivity index (χ1n) is 7.17. The molecule has 0 bridgehead atoms. The van der Waals surface area contributed by atoms with Gasteiger partial charge in [0.15, 0.2) is 5.54 Å². The van der Waals surface area contributed by atoms with Crippen LogP contribution >= 0.6 is 0 Å². The van der Waals surface area contributed by atoms with Gasteiger partial charge in [-0.05, 0) is 38.5 Å². The summed E-state index contributed by atoms with van der Waals surface area (Å²) in [5.74, 6) is 0.859. The average Bonchev–Trinajstić information content (AvgIpc) is 3.00. The number of carbonyl (C=O) groups is 2. The summed E-state index contributed by atoms with van der Waals surface area (Å²) < 4.78 is 5.54. The van der Waals surface area contributed by atoms with E-state index >= 15 is 0 Å². The molecule has 1 fully saturated rings. The largest absolute Gasteiger partial charge is 0.463 e. The summed E-state index contributed by atoms with van der Waals surface area (Å²) in [6.45, 7) is 5.72. The third-order valence-corrected chi connectivity index (χ3v) is 3.97. The Morgan fingerprint density at radius 1 is 1.09 bits per heavy atom. The van der Waals surface area contributed by atoms with Crippen LogP contribution in [-0.4, -0.2) is 16.8 Å². The predicted molar refractivity (Wildman–Crippen MR) is 81.1 cm³/mol. The Balaban J connectivity index is 1.86. The highest BCUT2D eigenvalue weighted by molar-refractivity contribution is 6.06. The molecule has 5 nitrogen and oxygen atoms in total. The number of aryl methyl sites for hydroxylation is 2. The summed E-state index contributed by atoms with van der Waals surface area (Å²) in [5.41, 5.74) is 0.904. The van der Waals surface area contributed by atoms with Crippen LogP contribution in [0.5, 0.6) is 0 Å². The molecule has 0 aliphatic carbocycles. The van der Waals surface area contributed by atoms with Crippen LogP contribution in [0, 0.1) is 13.8 Å². The Morgan fingerprint density at radius 3 is 2.36 bits per heavy atom. The van der Waals surface area contributed by atoms with Gasteiger partial charge >= 0.3 is 6.03 Å². The van der Waals surface area contributed by atoms with E-state index in [0.29, 0.717) is 11.5 Å². The second kappa shape index (κ2) is 5.02. The molecule has 1 atom stereocenters. The number of hydrogen-bond donors (Lipinski definition) is 1. The first-order chi connectivity index (χ1) is 10.4. The van der Waals surface area contributed by atoms with Gasteiger partial charge in [-0.2, -0.15) is 0 Å². The van der Waals surface area contributed by atoms with Crippen molar-refractivity contribution in [1.82, 2.24) is 10.2 Å². The zero-order chi connectivity index (χ0) is 15.9. The maximum Gasteiger partial charge on any atom is 0.325 e. The lowest BCUT2D eigenvalue weighted by Gasteiger charge is -2.19. The van der Waals surface area contributed by atoms with Gasteiger partial charge in [0.25, 0.3) is 5.91 Å². The molecule has 1 unspecified atom stereocenters. The van der Waals surface area contributed by atoms with E-state index < -0.39 is 11.6 Å². The molecule has 114 valence electrons. The van der Waals surface area contributed by atoms with E-state index in [2.05, 4.69) is 5.32 Å². The van der Waals surface area contributed by atoms with Crippen molar-refractivity contribution in [3.8, 4) is 0 Å². The Morgan fingerprint density at radius 2 is 1.77 bits per heavy atom. The van der Waals surface area contributed by atoms with Gasteiger partial charge < -0.3 is 9.73 Å². The SMILES string of the molecule is Cc1ccc(CN2C(=O)NC(C)(c3ccc(C)o3)C2=O)cc1. The minimum atomic E-state index is -1.14. The molecular formula is C17H18N2O3. The number of nitrogens with zero attached hydrogens (tertiary/aromatic N) is 1. The van der Waals surface area contributed by atoms with Gasteiger partial charge in [-0.3, -0.25) is 9.69 Å². The lowest BCUT2D eigenvalue weighted by Crippen LogP contribution is -2.40. The highest BCUT2D eigenvalue weighted by Gasteiger charge is 2.50. The van der Waals surface area contributed by atoms with Crippen LogP contribution in [0.2, 0.25) is 0 Å². The number of amides is 3. The van der Waals surface area contributed by atoms with Crippen molar-refractivity contribution >= 4 is 11.9 Å². The summed E-state index contributed by atoms with van der Waals surface area (Å²) in [4.78, 5) is 26.1. The third kappa shape index (κ3) is 2.28. The monoisotopic (exact) mass is 298 g/mol. The lowest BCUT2D eigenvalue weighted by atomic mass is 9.99. The van der Waals surface area contributed by atoms with Crippen molar-refractivity contribution in [1.29, 1.82) is 0 Å². The molecule has 1 saturated heterocycles. The summed E-state index contributed by atoms with van der Waals surface area (Å²) in [7, 11) is 0. The van der Waals surface area contributed by atoms with E-state index in [-0.39, 0.29) is 12.5 Å². The summed E-state index contributed by atoms with van der Waals surface area (Å²) in [5, 5.41) is 2.74. The van der Waals surface area contributed by atoms with Gasteiger partial charge in [-0.25, -0.2) is 4.79 Å². The van der Waals surface area contributed by atoms with Crippen LogP contribution < -0.4 is 5.32 Å². The van der Waals surface area contributed by atoms with Crippen LogP contribution in [0.1, 0.15) is 29.6 Å². The van der Waals surface area contributed by atoms with Gasteiger partial charge in [0, 0.05) is 0 Å². The molecular weight excluding hydrogens is 280 g/mol. The summed E-state index contributed by atoms with van der Waals surface area (Å²) >= 11 is 0. The second-order valence-electron chi connectivity index (χ2n) is 5.84. The number of carbonyl (C=O) groups excluding carboxylic acids is 2. The molecule has 1 aromatic heterocycles. The molecule has 2 aromatic rings. The first-order valence-corrected chi connectivity index (χ1v) is 7.17. The molecule has 0 spiro atoms. The number of rotatable bonds is 3. The Hall–Kier alpha value is -2.56. The number of furan rings is 1. The van der Waals surface area contributed by atoms with Gasteiger partial charge in [0.2, 0.25) is 0 Å². The van der Waals surface area contributed by atoms with E-state index in [1.165, 1.54) is 4.90 Å². The van der Waals surface area contributed by atoms with Crippen LogP contribution in [-0.2, 0) is 16.9 Å². The zero-order valence-electron chi connectivity index (χ0n) is 12.8. The Labute approximate surface area is 128 Å². The fourth-order valence-electron chi connectivity index (χ4n) is 2.59. The van der Waals surface area contributed by atoms with E-state index in [9.17, 15) is 9.59 Å². The van der Waals surface area contributed by atoms with E-state index in [0.717, 1.165) is 11.1 Å². The van der Waals surface area contributed by atoms with E-state index in [4.69, 9.17) is 4.42 Å². The van der Waals surface area contributed by atoms with Crippen molar-refractivity contribution in [3.05, 3.63) is 59.0 Å². The first kappa shape index (κ1) is 14.4. The van der Waals surface area contributed by atoms with Crippen LogP contribution in [0.3, 0.4) is 0 Å². The standard InChI is InChI=1S/C17H18N2O3/c1-11-4-7-13(8-5-11)10-19-15(20)17(3,18-16(19)21)14-9-6-12(2)22-14/h4-9H,10H2,1-3H3,(H,18,21). The molecule has 0 radical (unpaired) electrons. The quantitative estimate of drug-likeness (QED) is 0.886. The minimum absolute atomic E-state index is 0.250. The molecule has 2 heterocycles. The molecule has 22 heavy (non-hydrogen) atoms. The lowest BCUT2D eigenvalue weighted by molar-refractivity contribution is -0.132. The van der Waals surface area contributed by atoms with Gasteiger partial charge in [0.1, 0.15) is 11.5 Å². The average molecular weight is 298 g/mol. The van der Waals surface area contributed by atoms with E-state index in [1.807, 2.05) is 31.2 Å². The predicted octanol–water partition coefficient (Wildman–Crippen LogP) is 2.86. The molecule has 1 aromatic carbocycles. The fraction of sp³-hybridized carbons (Fsp3) is 0.294. The third-order valence-electron chi connectivity index (χ3n) is 3.97. The molecule has 5 heteroatoms. The normalized spacial score (nSPS) is 21.3. The fourth-order valence-corrected chi connectivity index (χ4v) is 2.59. The number of urea groups is 1. The highest BCUT2D eigenvalue weighted by Crippen LogP contribution is 2.30. The second-order valence-corrected chi connectivity index (χ2v) is 5.84. The topological polar surface area (TPSA) is 62.6 Å². The molecule has 0 saturated carbocycles. The number of nitrogens with one attached hydrogen (secondary N) is 1. The maximum atomic E-state index is 12.7. The van der Waals surface area contributed by atoms with E-state index in [1.54, 1.807) is 26.0 Å². The van der Waals surface area contributed by atoms with Crippen LogP contribution in [0.25, 0.3) is 0 Å². The van der Waals surface area contributed by atoms with Gasteiger partial charge in [-0.1, -0.05) is 29.8 Å². The number of hydrogen-bond acceptors (Lipinski definition) is 3. The molecule has 3 amide bonds. The Bertz CT molecular complexity index is 733. The molecule has 1 aliphatic heterocycles. The van der Waals surface area contributed by atoms with Crippen LogP contribution in [0.15, 0.2) is 40.8 Å². The van der Waals surface area contributed by atoms with Crippen LogP contribution in [0.4, 0.5) is 4.79 Å². The van der Waals surface area contributed by atoms with Crippen molar-refractivity contribution < 1.29 is 14.0 Å². The van der Waals surface area contributed by atoms with Gasteiger partial charge in [0.05, 0.1) is 6.54 Å². The summed E-state index contributed by atoms with van der Waals surface area (Å²) in [6, 6.07) is 10.9. The number of imide groups is 1. The number of benzene rings is 1. The van der Waals surface area contributed by atoms with Crippen molar-refractivity contribution in [3.63, 3.8) is 0 Å². The molecule has 3 rings (SSSR count). The zero-order valence-corrected chi connectivity index (χ0v) is 12.8. The Kier molecular flexibility index (Phi) is 3.28. The van der Waals surface area contributed by atoms with Crippen molar-refractivity contribution in [2.24, 2.45) is 0 Å². The minimum Gasteiger partial charge on any atom is -0.463 e. The molecule has 1 N–H and O–H groups in total. The summed E-state index contributed by atoms with van der Waals surface area (Å²) in [6.07, 6.45) is 0. The smallest absolute Gasteiger partial charge is 0.325 e. The maximum absolute atomic E-state index is 12.7. The van der Waals surface area contributed by atoms with Crippen molar-refractivity contribution in [2.75, 3.05) is 0 Å². The van der Waals surface area contributed by atoms with Crippen molar-refractivity contribution in [2.45, 2.75) is 32.9 Å². The van der Waals surface area contributed by atoms with Gasteiger partial charge in [-0.15, -0.1) is 0 Å². The highest BCUT2D eigenvalue weighted by atomic mass is 16.3.